The van der Waals surface area contributed by atoms with Gasteiger partial charge in [-0.05, 0) is 23.2 Å². The molecule has 1 aromatic carbocycles. The minimum atomic E-state index is -0.218. The topological polar surface area (TPSA) is 76.5 Å². The molecule has 0 aliphatic heterocycles. The second-order valence-corrected chi connectivity index (χ2v) is 3.76. The van der Waals surface area contributed by atoms with Gasteiger partial charge in [-0.15, -0.1) is 0 Å². The summed E-state index contributed by atoms with van der Waals surface area (Å²) in [4.78, 5) is 2.75. The van der Waals surface area contributed by atoms with Gasteiger partial charge in [-0.3, -0.25) is 0 Å². The van der Waals surface area contributed by atoms with E-state index in [1.54, 1.807) is 34.3 Å². The predicted molar refractivity (Wildman–Crippen MR) is 73.7 cm³/mol. The molecule has 1 atom stereocenters. The molecule has 6 heteroatoms. The minimum Gasteiger partial charge on any atom is -0.493 e. The zero-order valence-corrected chi connectivity index (χ0v) is 11.5. The van der Waals surface area contributed by atoms with E-state index in [1.165, 1.54) is 0 Å². The summed E-state index contributed by atoms with van der Waals surface area (Å²) in [6, 6.07) is 3.42. The van der Waals surface area contributed by atoms with Gasteiger partial charge >= 0.3 is 0 Å². The Hall–Kier alpha value is -2.33. The summed E-state index contributed by atoms with van der Waals surface area (Å²) in [5.74, 6) is 1.71. The first-order valence-electron chi connectivity index (χ1n) is 5.68. The molecule has 0 aromatic heterocycles. The number of benzene rings is 1. The van der Waals surface area contributed by atoms with Crippen molar-refractivity contribution in [2.45, 2.75) is 13.0 Å². The molecule has 0 radical (unpaired) electrons. The fraction of sp³-hybridized carbons (Fsp3) is 0.385. The van der Waals surface area contributed by atoms with Crippen LogP contribution in [0.25, 0.3) is 16.5 Å². The summed E-state index contributed by atoms with van der Waals surface area (Å²) in [5, 5.41) is 3.57. The minimum absolute atomic E-state index is 0.218. The second-order valence-electron chi connectivity index (χ2n) is 3.76. The lowest BCUT2D eigenvalue weighted by Gasteiger charge is -2.12. The Morgan fingerprint density at radius 3 is 2.16 bits per heavy atom. The molecule has 0 heterocycles. The maximum atomic E-state index is 8.33. The summed E-state index contributed by atoms with van der Waals surface area (Å²) in [7, 11) is 4.68. The lowest BCUT2D eigenvalue weighted by molar-refractivity contribution is 0.324. The Morgan fingerprint density at radius 1 is 1.16 bits per heavy atom. The van der Waals surface area contributed by atoms with E-state index in [0.29, 0.717) is 17.2 Å². The monoisotopic (exact) mass is 263 g/mol. The van der Waals surface area contributed by atoms with Gasteiger partial charge in [0.15, 0.2) is 11.5 Å². The zero-order chi connectivity index (χ0) is 14.3. The average Bonchev–Trinajstić information content (AvgIpc) is 2.44. The Kier molecular flexibility index (Phi) is 5.57. The van der Waals surface area contributed by atoms with E-state index < -0.39 is 0 Å². The molecule has 0 spiro atoms. The molecule has 1 unspecified atom stereocenters. The summed E-state index contributed by atoms with van der Waals surface area (Å²) in [6.45, 7) is 1.80. The maximum absolute atomic E-state index is 8.33. The van der Waals surface area contributed by atoms with Crippen molar-refractivity contribution >= 4 is 6.08 Å². The third kappa shape index (κ3) is 3.82. The fourth-order valence-corrected chi connectivity index (χ4v) is 1.57. The van der Waals surface area contributed by atoms with E-state index in [2.05, 4.69) is 10.0 Å². The van der Waals surface area contributed by atoms with Gasteiger partial charge in [-0.25, -0.2) is 0 Å². The quantitative estimate of drug-likeness (QED) is 0.448. The van der Waals surface area contributed by atoms with Gasteiger partial charge in [-0.1, -0.05) is 24.2 Å². The normalized spacial score (nSPS) is 11.8. The first kappa shape index (κ1) is 14.7. The zero-order valence-electron chi connectivity index (χ0n) is 11.5. The Morgan fingerprint density at radius 2 is 1.74 bits per heavy atom. The van der Waals surface area contributed by atoms with Gasteiger partial charge in [0.1, 0.15) is 0 Å². The maximum Gasteiger partial charge on any atom is 0.203 e. The molecule has 0 saturated heterocycles. The van der Waals surface area contributed by atoms with Crippen molar-refractivity contribution < 1.29 is 14.2 Å². The van der Waals surface area contributed by atoms with Gasteiger partial charge in [0.05, 0.1) is 27.4 Å². The van der Waals surface area contributed by atoms with Gasteiger partial charge in [0.25, 0.3) is 0 Å². The van der Waals surface area contributed by atoms with Crippen molar-refractivity contribution in [1.29, 1.82) is 0 Å². The highest BCUT2D eigenvalue weighted by atomic mass is 16.5. The van der Waals surface area contributed by atoms with Crippen LogP contribution in [0.15, 0.2) is 23.3 Å². The number of azide groups is 1. The lowest BCUT2D eigenvalue weighted by Crippen LogP contribution is -1.96. The summed E-state index contributed by atoms with van der Waals surface area (Å²) in [5.41, 5.74) is 9.20. The SMILES string of the molecule is COc1cc(/C=C/C(C)N=[N+]=[N-])cc(OC)c1OC. The van der Waals surface area contributed by atoms with Crippen LogP contribution in [0.3, 0.4) is 0 Å². The van der Waals surface area contributed by atoms with Crippen LogP contribution < -0.4 is 14.2 Å². The van der Waals surface area contributed by atoms with Crippen molar-refractivity contribution in [3.63, 3.8) is 0 Å². The highest BCUT2D eigenvalue weighted by Gasteiger charge is 2.11. The van der Waals surface area contributed by atoms with Crippen LogP contribution in [0.1, 0.15) is 12.5 Å². The predicted octanol–water partition coefficient (Wildman–Crippen LogP) is 3.42. The van der Waals surface area contributed by atoms with Crippen LogP contribution in [0.4, 0.5) is 0 Å². The van der Waals surface area contributed by atoms with Crippen LogP contribution in [0, 0.1) is 0 Å². The Balaban J connectivity index is 3.12. The van der Waals surface area contributed by atoms with Crippen molar-refractivity contribution in [3.8, 4) is 17.2 Å². The van der Waals surface area contributed by atoms with Crippen LogP contribution in [-0.4, -0.2) is 27.4 Å². The first-order valence-corrected chi connectivity index (χ1v) is 5.68. The third-order valence-corrected chi connectivity index (χ3v) is 2.49. The van der Waals surface area contributed by atoms with Crippen molar-refractivity contribution in [2.24, 2.45) is 5.11 Å². The lowest BCUT2D eigenvalue weighted by atomic mass is 10.1. The molecule has 0 amide bonds. The van der Waals surface area contributed by atoms with Crippen molar-refractivity contribution in [3.05, 3.63) is 34.2 Å². The molecular weight excluding hydrogens is 246 g/mol. The number of ether oxygens (including phenoxy) is 3. The summed E-state index contributed by atoms with van der Waals surface area (Å²) >= 11 is 0. The molecule has 0 bridgehead atoms. The molecule has 19 heavy (non-hydrogen) atoms. The van der Waals surface area contributed by atoms with E-state index in [1.807, 2.05) is 18.2 Å². The van der Waals surface area contributed by atoms with E-state index >= 15 is 0 Å². The number of rotatable bonds is 6. The number of hydrogen-bond donors (Lipinski definition) is 0. The number of methoxy groups -OCH3 is 3. The molecule has 0 aliphatic rings. The highest BCUT2D eigenvalue weighted by molar-refractivity contribution is 5.62. The molecular formula is C13H17N3O3. The Bertz CT molecular complexity index is 483. The number of nitrogens with zero attached hydrogens (tertiary/aromatic N) is 3. The second kappa shape index (κ2) is 7.18. The van der Waals surface area contributed by atoms with E-state index in [4.69, 9.17) is 19.7 Å². The van der Waals surface area contributed by atoms with Gasteiger partial charge in [0, 0.05) is 4.91 Å². The molecule has 6 nitrogen and oxygen atoms in total. The molecule has 0 aliphatic carbocycles. The molecule has 0 N–H and O–H groups in total. The van der Waals surface area contributed by atoms with E-state index in [0.717, 1.165) is 5.56 Å². The summed E-state index contributed by atoms with van der Waals surface area (Å²) < 4.78 is 15.7. The van der Waals surface area contributed by atoms with Gasteiger partial charge in [0.2, 0.25) is 5.75 Å². The van der Waals surface area contributed by atoms with Crippen LogP contribution in [0.5, 0.6) is 17.2 Å². The average molecular weight is 263 g/mol. The van der Waals surface area contributed by atoms with Crippen LogP contribution >= 0.6 is 0 Å². The smallest absolute Gasteiger partial charge is 0.203 e. The fourth-order valence-electron chi connectivity index (χ4n) is 1.57. The number of hydrogen-bond acceptors (Lipinski definition) is 4. The molecule has 1 rings (SSSR count). The van der Waals surface area contributed by atoms with Crippen LogP contribution in [-0.2, 0) is 0 Å². The summed E-state index contributed by atoms with van der Waals surface area (Å²) in [6.07, 6.45) is 3.63. The van der Waals surface area contributed by atoms with Crippen LogP contribution in [0.2, 0.25) is 0 Å². The standard InChI is InChI=1S/C13H17N3O3/c1-9(15-16-14)5-6-10-7-11(17-2)13(19-4)12(8-10)18-3/h5-9H,1-4H3/b6-5+. The third-order valence-electron chi connectivity index (χ3n) is 2.49. The highest BCUT2D eigenvalue weighted by Crippen LogP contribution is 2.38. The molecule has 0 saturated carbocycles. The van der Waals surface area contributed by atoms with Gasteiger partial charge < -0.3 is 14.2 Å². The Labute approximate surface area is 112 Å². The largest absolute Gasteiger partial charge is 0.493 e. The molecule has 1 aromatic rings. The van der Waals surface area contributed by atoms with Crippen molar-refractivity contribution in [2.75, 3.05) is 21.3 Å². The van der Waals surface area contributed by atoms with E-state index in [-0.39, 0.29) is 6.04 Å². The molecule has 102 valence electrons. The van der Waals surface area contributed by atoms with Crippen molar-refractivity contribution in [1.82, 2.24) is 0 Å². The van der Waals surface area contributed by atoms with E-state index in [9.17, 15) is 0 Å². The van der Waals surface area contributed by atoms with Gasteiger partial charge in [-0.2, -0.15) is 0 Å². The molecule has 0 fully saturated rings. The first-order chi connectivity index (χ1) is 9.15.